The number of halogens is 1. The molecule has 0 radical (unpaired) electrons. The third kappa shape index (κ3) is 3.01. The molecule has 25 heavy (non-hydrogen) atoms. The number of piperazine rings is 1. The van der Waals surface area contributed by atoms with E-state index in [9.17, 15) is 9.59 Å². The van der Waals surface area contributed by atoms with Gasteiger partial charge in [0.25, 0.3) is 5.56 Å². The fourth-order valence-corrected chi connectivity index (χ4v) is 3.18. The van der Waals surface area contributed by atoms with E-state index >= 15 is 0 Å². The van der Waals surface area contributed by atoms with E-state index in [0.29, 0.717) is 17.6 Å². The van der Waals surface area contributed by atoms with Crippen molar-refractivity contribution in [2.45, 2.75) is 19.5 Å². The van der Waals surface area contributed by atoms with Crippen LogP contribution in [-0.4, -0.2) is 46.0 Å². The topological polar surface area (TPSA) is 80.4 Å². The van der Waals surface area contributed by atoms with Crippen LogP contribution >= 0.6 is 12.4 Å². The average Bonchev–Trinajstić information content (AvgIpc) is 2.97. The Balaban J connectivity index is 0.00000182. The van der Waals surface area contributed by atoms with Crippen LogP contribution in [0.25, 0.3) is 22.1 Å². The van der Waals surface area contributed by atoms with E-state index in [1.807, 2.05) is 25.1 Å². The van der Waals surface area contributed by atoms with Crippen molar-refractivity contribution in [1.82, 2.24) is 19.8 Å². The molecule has 8 heteroatoms. The van der Waals surface area contributed by atoms with E-state index in [0.717, 1.165) is 18.5 Å². The van der Waals surface area contributed by atoms with E-state index < -0.39 is 0 Å². The number of fused-ring (bicyclic) bond motifs is 3. The lowest BCUT2D eigenvalue weighted by atomic mass is 10.2. The van der Waals surface area contributed by atoms with Crippen molar-refractivity contribution in [3.8, 4) is 0 Å². The van der Waals surface area contributed by atoms with Gasteiger partial charge in [-0.3, -0.25) is 14.2 Å². The highest BCUT2D eigenvalue weighted by molar-refractivity contribution is 6.01. The van der Waals surface area contributed by atoms with Gasteiger partial charge < -0.3 is 14.6 Å². The second kappa shape index (κ2) is 6.85. The fraction of sp³-hybridized carbons (Fsp3) is 0.353. The van der Waals surface area contributed by atoms with E-state index in [-0.39, 0.29) is 42.0 Å². The molecule has 1 atom stereocenters. The SMILES string of the molecule is C[C@@H]1CNCCN1C(=O)Cn1cnc2c(oc3ccccc32)c1=O.Cl. The van der Waals surface area contributed by atoms with Crippen LogP contribution in [0.3, 0.4) is 0 Å². The summed E-state index contributed by atoms with van der Waals surface area (Å²) >= 11 is 0. The Bertz CT molecular complexity index is 981. The molecule has 1 fully saturated rings. The number of hydrogen-bond acceptors (Lipinski definition) is 5. The first kappa shape index (κ1) is 17.4. The highest BCUT2D eigenvalue weighted by atomic mass is 35.5. The van der Waals surface area contributed by atoms with Gasteiger partial charge in [-0.2, -0.15) is 0 Å². The van der Waals surface area contributed by atoms with E-state index in [4.69, 9.17) is 4.42 Å². The number of rotatable bonds is 2. The van der Waals surface area contributed by atoms with Crippen molar-refractivity contribution in [2.75, 3.05) is 19.6 Å². The Hall–Kier alpha value is -2.38. The molecule has 1 aliphatic heterocycles. The summed E-state index contributed by atoms with van der Waals surface area (Å²) in [7, 11) is 0. The smallest absolute Gasteiger partial charge is 0.297 e. The highest BCUT2D eigenvalue weighted by Gasteiger charge is 2.24. The van der Waals surface area contributed by atoms with Crippen LogP contribution in [0.2, 0.25) is 0 Å². The van der Waals surface area contributed by atoms with Gasteiger partial charge in [0.2, 0.25) is 11.5 Å². The molecule has 0 spiro atoms. The largest absolute Gasteiger partial charge is 0.448 e. The van der Waals surface area contributed by atoms with Crippen molar-refractivity contribution in [3.05, 3.63) is 40.9 Å². The lowest BCUT2D eigenvalue weighted by molar-refractivity contribution is -0.134. The van der Waals surface area contributed by atoms with Crippen molar-refractivity contribution in [1.29, 1.82) is 0 Å². The maximum absolute atomic E-state index is 12.6. The van der Waals surface area contributed by atoms with Gasteiger partial charge in [0.15, 0.2) is 0 Å². The van der Waals surface area contributed by atoms with Crippen LogP contribution in [0, 0.1) is 0 Å². The Kier molecular flexibility index (Phi) is 4.78. The molecule has 1 aromatic carbocycles. The molecule has 1 saturated heterocycles. The molecule has 4 rings (SSSR count). The first-order valence-corrected chi connectivity index (χ1v) is 8.02. The lowest BCUT2D eigenvalue weighted by Gasteiger charge is -2.34. The number of nitrogens with zero attached hydrogens (tertiary/aromatic N) is 3. The number of benzene rings is 1. The van der Waals surface area contributed by atoms with Gasteiger partial charge >= 0.3 is 0 Å². The molecular formula is C17H19ClN4O3. The summed E-state index contributed by atoms with van der Waals surface area (Å²) in [6, 6.07) is 7.50. The molecule has 132 valence electrons. The van der Waals surface area contributed by atoms with Crippen molar-refractivity contribution in [3.63, 3.8) is 0 Å². The van der Waals surface area contributed by atoms with Crippen LogP contribution in [0.4, 0.5) is 0 Å². The molecule has 1 N–H and O–H groups in total. The van der Waals surface area contributed by atoms with Crippen molar-refractivity contribution in [2.24, 2.45) is 0 Å². The van der Waals surface area contributed by atoms with E-state index in [1.54, 1.807) is 11.0 Å². The van der Waals surface area contributed by atoms with Crippen LogP contribution in [0.15, 0.2) is 39.8 Å². The molecular weight excluding hydrogens is 344 g/mol. The van der Waals surface area contributed by atoms with Crippen LogP contribution in [-0.2, 0) is 11.3 Å². The zero-order valence-electron chi connectivity index (χ0n) is 13.8. The molecule has 0 bridgehead atoms. The van der Waals surface area contributed by atoms with Crippen LogP contribution < -0.4 is 10.9 Å². The van der Waals surface area contributed by atoms with Gasteiger partial charge in [-0.1, -0.05) is 12.1 Å². The van der Waals surface area contributed by atoms with E-state index in [1.165, 1.54) is 10.9 Å². The second-order valence-electron chi connectivity index (χ2n) is 6.09. The van der Waals surface area contributed by atoms with Crippen LogP contribution in [0.1, 0.15) is 6.92 Å². The average molecular weight is 363 g/mol. The van der Waals surface area contributed by atoms with Gasteiger partial charge in [0, 0.05) is 31.1 Å². The first-order chi connectivity index (χ1) is 11.6. The minimum Gasteiger partial charge on any atom is -0.448 e. The number of amides is 1. The number of carbonyl (C=O) groups excluding carboxylic acids is 1. The summed E-state index contributed by atoms with van der Waals surface area (Å²) in [5, 5.41) is 4.05. The van der Waals surface area contributed by atoms with Gasteiger partial charge in [0.05, 0.1) is 6.33 Å². The summed E-state index contributed by atoms with van der Waals surface area (Å²) in [6.45, 7) is 4.15. The summed E-state index contributed by atoms with van der Waals surface area (Å²) in [6.07, 6.45) is 1.43. The Morgan fingerprint density at radius 3 is 3.00 bits per heavy atom. The zero-order valence-corrected chi connectivity index (χ0v) is 14.6. The molecule has 0 aliphatic carbocycles. The monoisotopic (exact) mass is 362 g/mol. The molecule has 3 aromatic rings. The molecule has 0 unspecified atom stereocenters. The fourth-order valence-electron chi connectivity index (χ4n) is 3.18. The molecule has 2 aromatic heterocycles. The number of hydrogen-bond donors (Lipinski definition) is 1. The minimum atomic E-state index is -0.327. The number of aromatic nitrogens is 2. The van der Waals surface area contributed by atoms with E-state index in [2.05, 4.69) is 10.3 Å². The first-order valence-electron chi connectivity index (χ1n) is 8.02. The lowest BCUT2D eigenvalue weighted by Crippen LogP contribution is -2.53. The standard InChI is InChI=1S/C17H18N4O3.ClH/c1-11-8-18-6-7-21(11)14(22)9-20-10-19-15-12-4-2-3-5-13(12)24-16(15)17(20)23;/h2-5,10-11,18H,6-9H2,1H3;1H/t11-;/m1./s1. The Labute approximate surface area is 150 Å². The molecule has 3 heterocycles. The summed E-state index contributed by atoms with van der Waals surface area (Å²) < 4.78 is 6.96. The van der Waals surface area contributed by atoms with Gasteiger partial charge in [-0.15, -0.1) is 12.4 Å². The number of nitrogens with one attached hydrogen (secondary N) is 1. The molecule has 0 saturated carbocycles. The highest BCUT2D eigenvalue weighted by Crippen LogP contribution is 2.24. The molecule has 7 nitrogen and oxygen atoms in total. The zero-order chi connectivity index (χ0) is 16.7. The Morgan fingerprint density at radius 1 is 1.40 bits per heavy atom. The summed E-state index contributed by atoms with van der Waals surface area (Å²) in [5.41, 5.74) is 1.03. The van der Waals surface area contributed by atoms with Gasteiger partial charge in [-0.25, -0.2) is 4.98 Å². The molecule has 1 aliphatic rings. The third-order valence-corrected chi connectivity index (χ3v) is 4.48. The Morgan fingerprint density at radius 2 is 2.20 bits per heavy atom. The quantitative estimate of drug-likeness (QED) is 0.745. The van der Waals surface area contributed by atoms with Gasteiger partial charge in [0.1, 0.15) is 17.6 Å². The predicted molar refractivity (Wildman–Crippen MR) is 97.1 cm³/mol. The number of carbonyl (C=O) groups is 1. The van der Waals surface area contributed by atoms with Gasteiger partial charge in [-0.05, 0) is 19.1 Å². The second-order valence-corrected chi connectivity index (χ2v) is 6.09. The minimum absolute atomic E-state index is 0. The maximum Gasteiger partial charge on any atom is 0.297 e. The van der Waals surface area contributed by atoms with Crippen LogP contribution in [0.5, 0.6) is 0 Å². The number of furan rings is 1. The molecule has 1 amide bonds. The summed E-state index contributed by atoms with van der Waals surface area (Å²) in [5.74, 6) is -0.0802. The summed E-state index contributed by atoms with van der Waals surface area (Å²) in [4.78, 5) is 31.3. The third-order valence-electron chi connectivity index (χ3n) is 4.48. The van der Waals surface area contributed by atoms with Crippen molar-refractivity contribution >= 4 is 40.4 Å². The number of para-hydroxylation sites is 1. The maximum atomic E-state index is 12.6. The van der Waals surface area contributed by atoms with Crippen molar-refractivity contribution < 1.29 is 9.21 Å². The normalized spacial score (nSPS) is 17.6. The predicted octanol–water partition coefficient (Wildman–Crippen LogP) is 1.38.